The van der Waals surface area contributed by atoms with Crippen molar-refractivity contribution in [3.63, 3.8) is 0 Å². The first-order valence-electron chi connectivity index (χ1n) is 5.88. The van der Waals surface area contributed by atoms with Crippen molar-refractivity contribution < 1.29 is 0 Å². The van der Waals surface area contributed by atoms with Crippen LogP contribution < -0.4 is 0 Å². The third-order valence-electron chi connectivity index (χ3n) is 3.09. The summed E-state index contributed by atoms with van der Waals surface area (Å²) in [6, 6.07) is 2.07. The van der Waals surface area contributed by atoms with Gasteiger partial charge in [-0.05, 0) is 36.5 Å². The first-order valence-corrected chi connectivity index (χ1v) is 5.88. The standard InChI is InChI=1S/C14H18N2/c1-5-12-10(4)14(9(2)3)11-6-7-15-8-13(11)16-12/h6-9H,5H2,1-4H3. The Kier molecular flexibility index (Phi) is 2.90. The molecule has 0 aromatic carbocycles. The summed E-state index contributed by atoms with van der Waals surface area (Å²) in [7, 11) is 0. The summed E-state index contributed by atoms with van der Waals surface area (Å²) in [5, 5.41) is 1.25. The van der Waals surface area contributed by atoms with Crippen LogP contribution >= 0.6 is 0 Å². The zero-order chi connectivity index (χ0) is 11.7. The summed E-state index contributed by atoms with van der Waals surface area (Å²) in [6.07, 6.45) is 4.69. The van der Waals surface area contributed by atoms with E-state index in [2.05, 4.69) is 43.7 Å². The third-order valence-corrected chi connectivity index (χ3v) is 3.09. The molecule has 0 aliphatic carbocycles. The molecule has 0 saturated carbocycles. The predicted molar refractivity (Wildman–Crippen MR) is 67.7 cm³/mol. The van der Waals surface area contributed by atoms with Crippen LogP contribution in [0.4, 0.5) is 0 Å². The van der Waals surface area contributed by atoms with Gasteiger partial charge in [-0.3, -0.25) is 9.97 Å². The van der Waals surface area contributed by atoms with Gasteiger partial charge in [0.15, 0.2) is 0 Å². The van der Waals surface area contributed by atoms with Gasteiger partial charge in [0, 0.05) is 17.3 Å². The minimum Gasteiger partial charge on any atom is -0.262 e. The summed E-state index contributed by atoms with van der Waals surface area (Å²) in [5.41, 5.74) is 4.98. The van der Waals surface area contributed by atoms with Gasteiger partial charge in [-0.25, -0.2) is 0 Å². The summed E-state index contributed by atoms with van der Waals surface area (Å²) in [4.78, 5) is 8.83. The second-order valence-corrected chi connectivity index (χ2v) is 4.50. The number of hydrogen-bond acceptors (Lipinski definition) is 2. The van der Waals surface area contributed by atoms with Crippen molar-refractivity contribution in [1.82, 2.24) is 9.97 Å². The van der Waals surface area contributed by atoms with Crippen LogP contribution in [0.3, 0.4) is 0 Å². The number of aromatic nitrogens is 2. The summed E-state index contributed by atoms with van der Waals surface area (Å²) < 4.78 is 0. The van der Waals surface area contributed by atoms with E-state index >= 15 is 0 Å². The SMILES string of the molecule is CCc1nc2cnccc2c(C(C)C)c1C. The molecule has 0 saturated heterocycles. The zero-order valence-corrected chi connectivity index (χ0v) is 10.4. The molecule has 0 fully saturated rings. The Morgan fingerprint density at radius 1 is 1.31 bits per heavy atom. The van der Waals surface area contributed by atoms with Crippen LogP contribution in [0.2, 0.25) is 0 Å². The Morgan fingerprint density at radius 3 is 2.69 bits per heavy atom. The Bertz CT molecular complexity index is 515. The van der Waals surface area contributed by atoms with E-state index in [1.165, 1.54) is 22.2 Å². The lowest BCUT2D eigenvalue weighted by molar-refractivity contribution is 0.852. The summed E-state index contributed by atoms with van der Waals surface area (Å²) in [5.74, 6) is 0.526. The lowest BCUT2D eigenvalue weighted by Gasteiger charge is -2.16. The third kappa shape index (κ3) is 1.69. The predicted octanol–water partition coefficient (Wildman–Crippen LogP) is 3.62. The van der Waals surface area contributed by atoms with Crippen LogP contribution in [0.5, 0.6) is 0 Å². The molecule has 2 heteroatoms. The zero-order valence-electron chi connectivity index (χ0n) is 10.4. The average Bonchev–Trinajstić information content (AvgIpc) is 2.27. The molecule has 0 unspecified atom stereocenters. The molecule has 0 amide bonds. The van der Waals surface area contributed by atoms with Crippen molar-refractivity contribution in [3.8, 4) is 0 Å². The molecule has 2 aromatic heterocycles. The van der Waals surface area contributed by atoms with E-state index in [9.17, 15) is 0 Å². The maximum Gasteiger partial charge on any atom is 0.0891 e. The lowest BCUT2D eigenvalue weighted by Crippen LogP contribution is -2.02. The fraction of sp³-hybridized carbons (Fsp3) is 0.429. The smallest absolute Gasteiger partial charge is 0.0891 e. The summed E-state index contributed by atoms with van der Waals surface area (Å²) >= 11 is 0. The van der Waals surface area contributed by atoms with Crippen molar-refractivity contribution >= 4 is 10.9 Å². The van der Waals surface area contributed by atoms with Gasteiger partial charge in [0.25, 0.3) is 0 Å². The highest BCUT2D eigenvalue weighted by Gasteiger charge is 2.13. The maximum absolute atomic E-state index is 4.67. The molecule has 84 valence electrons. The van der Waals surface area contributed by atoms with E-state index in [1.54, 1.807) is 0 Å². The van der Waals surface area contributed by atoms with E-state index in [0.717, 1.165) is 11.9 Å². The summed E-state index contributed by atoms with van der Waals surface area (Å²) in [6.45, 7) is 8.81. The van der Waals surface area contributed by atoms with Crippen LogP contribution in [0.1, 0.15) is 43.5 Å². The quantitative estimate of drug-likeness (QED) is 0.763. The highest BCUT2D eigenvalue weighted by Crippen LogP contribution is 2.28. The van der Waals surface area contributed by atoms with Gasteiger partial charge in [-0.1, -0.05) is 20.8 Å². The minimum absolute atomic E-state index is 0.526. The van der Waals surface area contributed by atoms with E-state index < -0.39 is 0 Å². The number of rotatable bonds is 2. The molecule has 0 atom stereocenters. The topological polar surface area (TPSA) is 25.8 Å². The van der Waals surface area contributed by atoms with Crippen molar-refractivity contribution in [2.75, 3.05) is 0 Å². The molecule has 0 radical (unpaired) electrons. The van der Waals surface area contributed by atoms with Gasteiger partial charge < -0.3 is 0 Å². The minimum atomic E-state index is 0.526. The molecule has 0 N–H and O–H groups in total. The van der Waals surface area contributed by atoms with Gasteiger partial charge in [0.2, 0.25) is 0 Å². The van der Waals surface area contributed by atoms with Crippen molar-refractivity contribution in [2.24, 2.45) is 0 Å². The van der Waals surface area contributed by atoms with E-state index in [0.29, 0.717) is 5.92 Å². The van der Waals surface area contributed by atoms with Crippen molar-refractivity contribution in [1.29, 1.82) is 0 Å². The number of hydrogen-bond donors (Lipinski definition) is 0. The van der Waals surface area contributed by atoms with E-state index in [-0.39, 0.29) is 0 Å². The number of pyridine rings is 2. The lowest BCUT2D eigenvalue weighted by atomic mass is 9.93. The molecule has 2 heterocycles. The highest BCUT2D eigenvalue weighted by atomic mass is 14.7. The molecule has 0 bridgehead atoms. The van der Waals surface area contributed by atoms with Gasteiger partial charge in [-0.15, -0.1) is 0 Å². The molecular formula is C14H18N2. The molecule has 0 aliphatic heterocycles. The number of aryl methyl sites for hydroxylation is 1. The fourth-order valence-corrected chi connectivity index (χ4v) is 2.38. The molecule has 2 nitrogen and oxygen atoms in total. The largest absolute Gasteiger partial charge is 0.262 e. The van der Waals surface area contributed by atoms with Crippen LogP contribution in [0.15, 0.2) is 18.5 Å². The van der Waals surface area contributed by atoms with Crippen LogP contribution in [0.25, 0.3) is 10.9 Å². The Balaban J connectivity index is 2.85. The second kappa shape index (κ2) is 4.20. The fourth-order valence-electron chi connectivity index (χ4n) is 2.38. The Morgan fingerprint density at radius 2 is 2.06 bits per heavy atom. The number of nitrogens with zero attached hydrogens (tertiary/aromatic N) is 2. The van der Waals surface area contributed by atoms with Gasteiger partial charge in [-0.2, -0.15) is 0 Å². The molecule has 0 spiro atoms. The van der Waals surface area contributed by atoms with Crippen LogP contribution in [-0.2, 0) is 6.42 Å². The maximum atomic E-state index is 4.67. The Labute approximate surface area is 96.7 Å². The highest BCUT2D eigenvalue weighted by molar-refractivity contribution is 5.83. The average molecular weight is 214 g/mol. The molecule has 2 rings (SSSR count). The Hall–Kier alpha value is -1.44. The van der Waals surface area contributed by atoms with Gasteiger partial charge in [0.05, 0.1) is 11.7 Å². The van der Waals surface area contributed by atoms with E-state index in [4.69, 9.17) is 0 Å². The second-order valence-electron chi connectivity index (χ2n) is 4.50. The van der Waals surface area contributed by atoms with E-state index in [1.807, 2.05) is 12.4 Å². The van der Waals surface area contributed by atoms with Crippen LogP contribution in [0, 0.1) is 6.92 Å². The first kappa shape index (κ1) is 11.1. The molecule has 0 aliphatic rings. The molecular weight excluding hydrogens is 196 g/mol. The number of fused-ring (bicyclic) bond motifs is 1. The molecule has 2 aromatic rings. The van der Waals surface area contributed by atoms with Crippen molar-refractivity contribution in [3.05, 3.63) is 35.3 Å². The molecule has 16 heavy (non-hydrogen) atoms. The monoisotopic (exact) mass is 214 g/mol. The first-order chi connectivity index (χ1) is 7.65. The van der Waals surface area contributed by atoms with Crippen LogP contribution in [-0.4, -0.2) is 9.97 Å². The van der Waals surface area contributed by atoms with Crippen molar-refractivity contribution in [2.45, 2.75) is 40.0 Å². The van der Waals surface area contributed by atoms with Gasteiger partial charge >= 0.3 is 0 Å². The van der Waals surface area contributed by atoms with Gasteiger partial charge in [0.1, 0.15) is 0 Å². The normalized spacial score (nSPS) is 11.3.